The summed E-state index contributed by atoms with van der Waals surface area (Å²) in [4.78, 5) is 60.1. The van der Waals surface area contributed by atoms with Gasteiger partial charge in [-0.25, -0.2) is 27.5 Å². The molecule has 2 N–H and O–H groups in total. The molecule has 1 unspecified atom stereocenters. The highest BCUT2D eigenvalue weighted by Gasteiger charge is 2.40. The van der Waals surface area contributed by atoms with Crippen molar-refractivity contribution in [2.75, 3.05) is 49.6 Å². The van der Waals surface area contributed by atoms with Crippen molar-refractivity contribution < 1.29 is 37.0 Å². The number of aryl methyl sites for hydroxylation is 1. The zero-order valence-electron chi connectivity index (χ0n) is 35.2. The largest absolute Gasteiger partial charge is 0.374 e. The van der Waals surface area contributed by atoms with Crippen molar-refractivity contribution in [2.45, 2.75) is 94.3 Å². The van der Waals surface area contributed by atoms with Crippen molar-refractivity contribution in [1.82, 2.24) is 43.7 Å². The minimum atomic E-state index is -2.90. The maximum atomic E-state index is 15.5. The Kier molecular flexibility index (Phi) is 11.2. The number of aromatic nitrogens is 7. The second kappa shape index (κ2) is 17.2. The van der Waals surface area contributed by atoms with E-state index in [4.69, 9.17) is 14.5 Å². The third-order valence-electron chi connectivity index (χ3n) is 13.5. The molecule has 3 amide bonds. The number of benzene rings is 1. The van der Waals surface area contributed by atoms with Crippen LogP contribution in [-0.2, 0) is 26.1 Å². The van der Waals surface area contributed by atoms with Crippen LogP contribution in [0.15, 0.2) is 47.7 Å². The van der Waals surface area contributed by atoms with E-state index in [2.05, 4.69) is 42.5 Å². The molecule has 64 heavy (non-hydrogen) atoms. The molecule has 1 saturated carbocycles. The Morgan fingerprint density at radius 2 is 1.92 bits per heavy atom. The first kappa shape index (κ1) is 41.9. The number of ether oxygens (including phenoxy) is 2. The third kappa shape index (κ3) is 7.93. The number of piperidine rings is 2. The number of hydrogen-bond acceptors (Lipinski definition) is 11. The average Bonchev–Trinajstić information content (AvgIpc) is 4.13. The second-order valence-corrected chi connectivity index (χ2v) is 17.5. The Morgan fingerprint density at radius 3 is 2.67 bits per heavy atom. The molecule has 4 aromatic heterocycles. The molecular weight excluding hydrogens is 836 g/mol. The SMILES string of the molecule is Cn1c(=O)n(C2CCC(=O)NC2=O)c2cccc(C#CCO[C@H]3CCN(CC4CCC(n5cc(NC(=O)c6cnn7ccc(N8C[C@H]9C[C@@H]8CO9)nc67)c(C(F)F)n5)CC4)C[C@H]3F)c21. The van der Waals surface area contributed by atoms with Crippen molar-refractivity contribution in [3.63, 3.8) is 0 Å². The number of para-hydroxylation sites is 1. The average molecular weight is 884 g/mol. The van der Waals surface area contributed by atoms with Crippen LogP contribution in [0.5, 0.6) is 0 Å². The highest BCUT2D eigenvalue weighted by Crippen LogP contribution is 2.37. The Labute approximate surface area is 364 Å². The number of morpholine rings is 1. The van der Waals surface area contributed by atoms with Crippen LogP contribution in [-0.4, -0.2) is 120 Å². The number of carbonyl (C=O) groups excluding carboxylic acids is 3. The van der Waals surface area contributed by atoms with Gasteiger partial charge in [-0.3, -0.25) is 38.4 Å². The predicted molar refractivity (Wildman–Crippen MR) is 226 cm³/mol. The molecule has 5 atom stereocenters. The van der Waals surface area contributed by atoms with Gasteiger partial charge in [-0.2, -0.15) is 10.2 Å². The summed E-state index contributed by atoms with van der Waals surface area (Å²) in [5.41, 5.74) is 1.21. The molecule has 2 bridgehead atoms. The monoisotopic (exact) mass is 883 g/mol. The summed E-state index contributed by atoms with van der Waals surface area (Å²) in [6.07, 6.45) is 4.87. The zero-order chi connectivity index (χ0) is 44.2. The van der Waals surface area contributed by atoms with Gasteiger partial charge in [0.15, 0.2) is 11.3 Å². The molecular formula is C44H48F3N11O6. The van der Waals surface area contributed by atoms with Gasteiger partial charge in [-0.05, 0) is 69.1 Å². The quantitative estimate of drug-likeness (QED) is 0.154. The highest BCUT2D eigenvalue weighted by atomic mass is 19.3. The minimum absolute atomic E-state index is 0.00580. The maximum Gasteiger partial charge on any atom is 0.329 e. The van der Waals surface area contributed by atoms with Gasteiger partial charge in [0.05, 0.1) is 59.4 Å². The van der Waals surface area contributed by atoms with Crippen LogP contribution in [0.2, 0.25) is 0 Å². The Hall–Kier alpha value is -6.04. The molecule has 10 rings (SSSR count). The Bertz CT molecular complexity index is 2750. The van der Waals surface area contributed by atoms with Gasteiger partial charge in [0.25, 0.3) is 12.3 Å². The lowest BCUT2D eigenvalue weighted by atomic mass is 9.85. The fraction of sp³-hybridized carbons (Fsp3) is 0.523. The summed E-state index contributed by atoms with van der Waals surface area (Å²) in [6, 6.07) is 6.40. The maximum absolute atomic E-state index is 15.5. The normalized spacial score (nSPS) is 26.2. The van der Waals surface area contributed by atoms with E-state index in [-0.39, 0.29) is 67.0 Å². The summed E-state index contributed by atoms with van der Waals surface area (Å²) in [6.45, 7) is 2.94. The molecule has 1 aliphatic carbocycles. The fourth-order valence-corrected chi connectivity index (χ4v) is 10.2. The molecule has 5 aliphatic rings. The van der Waals surface area contributed by atoms with Crippen LogP contribution in [0.1, 0.15) is 91.5 Å². The number of fused-ring (bicyclic) bond motifs is 4. The van der Waals surface area contributed by atoms with Gasteiger partial charge >= 0.3 is 5.69 Å². The summed E-state index contributed by atoms with van der Waals surface area (Å²) in [5.74, 6) is 5.56. The van der Waals surface area contributed by atoms with Crippen molar-refractivity contribution in [3.05, 3.63) is 70.2 Å². The van der Waals surface area contributed by atoms with E-state index < -0.39 is 42.3 Å². The van der Waals surface area contributed by atoms with Crippen LogP contribution in [0.4, 0.5) is 24.7 Å². The van der Waals surface area contributed by atoms with Crippen LogP contribution >= 0.6 is 0 Å². The predicted octanol–water partition coefficient (Wildman–Crippen LogP) is 3.94. The number of amides is 3. The lowest BCUT2D eigenvalue weighted by Crippen LogP contribution is -2.47. The van der Waals surface area contributed by atoms with Gasteiger partial charge in [-0.1, -0.05) is 17.9 Å². The number of likely N-dealkylation sites (tertiary alicyclic amines) is 1. The molecule has 0 spiro atoms. The molecule has 1 aromatic carbocycles. The zero-order valence-corrected chi connectivity index (χ0v) is 35.2. The molecule has 336 valence electrons. The second-order valence-electron chi connectivity index (χ2n) is 17.5. The number of alkyl halides is 3. The van der Waals surface area contributed by atoms with Crippen molar-refractivity contribution in [1.29, 1.82) is 0 Å². The number of halogens is 3. The number of imide groups is 1. The van der Waals surface area contributed by atoms with Crippen molar-refractivity contribution in [3.8, 4) is 11.8 Å². The molecule has 20 heteroatoms. The number of anilines is 2. The number of nitrogens with zero attached hydrogens (tertiary/aromatic N) is 9. The lowest BCUT2D eigenvalue weighted by molar-refractivity contribution is -0.135. The number of carbonyl (C=O) groups is 3. The van der Waals surface area contributed by atoms with Gasteiger partial charge < -0.3 is 19.7 Å². The van der Waals surface area contributed by atoms with Gasteiger partial charge in [0, 0.05) is 52.0 Å². The molecule has 5 fully saturated rings. The van der Waals surface area contributed by atoms with Crippen molar-refractivity contribution >= 4 is 45.9 Å². The van der Waals surface area contributed by atoms with Crippen molar-refractivity contribution in [2.24, 2.45) is 13.0 Å². The van der Waals surface area contributed by atoms with E-state index >= 15 is 4.39 Å². The van der Waals surface area contributed by atoms with E-state index in [1.165, 1.54) is 26.0 Å². The topological polar surface area (TPSA) is 175 Å². The molecule has 4 saturated heterocycles. The smallest absolute Gasteiger partial charge is 0.329 e. The fourth-order valence-electron chi connectivity index (χ4n) is 10.2. The number of hydrogen-bond donors (Lipinski definition) is 2. The molecule has 8 heterocycles. The van der Waals surface area contributed by atoms with Gasteiger partial charge in [0.1, 0.15) is 30.2 Å². The standard InChI is InChI=1S/C44H48F3N11O6/c1-53-39-26(4-2-6-33(39)58(44(53)62)34-11-12-37(59)51-43(34)61)5-3-17-63-35-13-15-54(22-31(35)45)20-25-7-9-27(10-8-25)57-23-32(38(52-57)40(46)47)49-42(60)30-19-48-56-16-14-36(50-41(30)56)55-21-29-18-28(55)24-64-29/h2,4,6,14,16,19,23,25,27-29,31,34-35,40H,7-13,15,17-18,20-22,24H2,1H3,(H,49,60)(H,51,59,61)/t25?,27?,28-,29-,31-,34?,35+/m1/s1. The van der Waals surface area contributed by atoms with Crippen LogP contribution in [0.3, 0.4) is 0 Å². The first-order valence-corrected chi connectivity index (χ1v) is 21.9. The van der Waals surface area contributed by atoms with E-state index in [1.807, 2.05) is 6.07 Å². The molecule has 5 aromatic rings. The summed E-state index contributed by atoms with van der Waals surface area (Å²) in [5, 5.41) is 13.5. The summed E-state index contributed by atoms with van der Waals surface area (Å²) < 4.78 is 61.5. The van der Waals surface area contributed by atoms with Crippen LogP contribution < -0.4 is 21.2 Å². The first-order valence-electron chi connectivity index (χ1n) is 21.9. The number of rotatable bonds is 10. The van der Waals surface area contributed by atoms with E-state index in [1.54, 1.807) is 36.1 Å². The number of nitrogens with one attached hydrogen (secondary N) is 2. The van der Waals surface area contributed by atoms with E-state index in [0.29, 0.717) is 72.9 Å². The molecule has 4 aliphatic heterocycles. The van der Waals surface area contributed by atoms with E-state index in [9.17, 15) is 28.0 Å². The lowest BCUT2D eigenvalue weighted by Gasteiger charge is -2.38. The Balaban J connectivity index is 0.711. The number of imidazole rings is 1. The highest BCUT2D eigenvalue weighted by molar-refractivity contribution is 6.08. The Morgan fingerprint density at radius 1 is 1.08 bits per heavy atom. The summed E-state index contributed by atoms with van der Waals surface area (Å²) in [7, 11) is 1.61. The van der Waals surface area contributed by atoms with Crippen LogP contribution in [0.25, 0.3) is 16.7 Å². The summed E-state index contributed by atoms with van der Waals surface area (Å²) >= 11 is 0. The van der Waals surface area contributed by atoms with Gasteiger partial charge in [0.2, 0.25) is 11.8 Å². The van der Waals surface area contributed by atoms with Gasteiger partial charge in [-0.15, -0.1) is 0 Å². The van der Waals surface area contributed by atoms with E-state index in [0.717, 1.165) is 25.8 Å². The third-order valence-corrected chi connectivity index (χ3v) is 13.5. The first-order chi connectivity index (χ1) is 31.0. The molecule has 0 radical (unpaired) electrons. The minimum Gasteiger partial charge on any atom is -0.374 e. The molecule has 17 nitrogen and oxygen atoms in total. The van der Waals surface area contributed by atoms with Crippen LogP contribution in [0, 0.1) is 17.8 Å².